The standard InChI is InChI=1S/C17H29N3O3/c1-12-4-6-17(11-18,7-5-12)19(3)16(23)13(2)20-9-14(21)8-15(22)10-20/h12-15,21-22H,4-10H2,1-3H3/t12?,13?,14-,15+,17?. The highest BCUT2D eigenvalue weighted by Crippen LogP contribution is 2.36. The van der Waals surface area contributed by atoms with Crippen molar-refractivity contribution in [3.63, 3.8) is 0 Å². The minimum atomic E-state index is -0.717. The zero-order valence-corrected chi connectivity index (χ0v) is 14.4. The van der Waals surface area contributed by atoms with Crippen LogP contribution in [0, 0.1) is 17.2 Å². The topological polar surface area (TPSA) is 87.8 Å². The van der Waals surface area contributed by atoms with Crippen LogP contribution in [0.1, 0.15) is 46.0 Å². The zero-order chi connectivity index (χ0) is 17.2. The number of nitrogens with zero attached hydrogens (tertiary/aromatic N) is 3. The summed E-state index contributed by atoms with van der Waals surface area (Å²) in [5.74, 6) is 0.493. The van der Waals surface area contributed by atoms with Gasteiger partial charge in [-0.05, 0) is 38.5 Å². The van der Waals surface area contributed by atoms with Crippen LogP contribution in [0.5, 0.6) is 0 Å². The second kappa shape index (κ2) is 7.16. The van der Waals surface area contributed by atoms with E-state index in [1.165, 1.54) is 0 Å². The zero-order valence-electron chi connectivity index (χ0n) is 14.4. The van der Waals surface area contributed by atoms with Gasteiger partial charge in [0.2, 0.25) is 5.91 Å². The Morgan fingerprint density at radius 1 is 1.30 bits per heavy atom. The molecular formula is C17H29N3O3. The number of aliphatic hydroxyl groups excluding tert-OH is 2. The molecule has 23 heavy (non-hydrogen) atoms. The molecule has 1 heterocycles. The number of nitriles is 1. The van der Waals surface area contributed by atoms with Gasteiger partial charge in [-0.3, -0.25) is 9.69 Å². The molecule has 0 aromatic heterocycles. The van der Waals surface area contributed by atoms with Gasteiger partial charge < -0.3 is 15.1 Å². The molecular weight excluding hydrogens is 294 g/mol. The van der Waals surface area contributed by atoms with E-state index in [0.29, 0.717) is 38.3 Å². The number of rotatable bonds is 3. The molecule has 0 bridgehead atoms. The van der Waals surface area contributed by atoms with Gasteiger partial charge in [0.05, 0.1) is 24.3 Å². The Morgan fingerprint density at radius 2 is 1.83 bits per heavy atom. The number of carbonyl (C=O) groups excluding carboxylic acids is 1. The molecule has 130 valence electrons. The van der Waals surface area contributed by atoms with Gasteiger partial charge in [0.25, 0.3) is 0 Å². The molecule has 0 aromatic rings. The number of likely N-dealkylation sites (N-methyl/N-ethyl adjacent to an activating group) is 1. The van der Waals surface area contributed by atoms with Crippen molar-refractivity contribution in [2.24, 2.45) is 5.92 Å². The van der Waals surface area contributed by atoms with Crippen LogP contribution in [0.3, 0.4) is 0 Å². The maximum Gasteiger partial charge on any atom is 0.240 e. The minimum Gasteiger partial charge on any atom is -0.392 e. The molecule has 1 saturated carbocycles. The molecule has 1 aliphatic carbocycles. The fourth-order valence-electron chi connectivity index (χ4n) is 3.80. The van der Waals surface area contributed by atoms with Crippen molar-refractivity contribution < 1.29 is 15.0 Å². The lowest BCUT2D eigenvalue weighted by Crippen LogP contribution is -2.59. The molecule has 0 aromatic carbocycles. The Hall–Kier alpha value is -1.16. The van der Waals surface area contributed by atoms with Crippen LogP contribution >= 0.6 is 0 Å². The van der Waals surface area contributed by atoms with Gasteiger partial charge in [-0.15, -0.1) is 0 Å². The normalized spacial score (nSPS) is 37.0. The van der Waals surface area contributed by atoms with Crippen molar-refractivity contribution in [2.75, 3.05) is 20.1 Å². The molecule has 1 unspecified atom stereocenters. The van der Waals surface area contributed by atoms with E-state index >= 15 is 0 Å². The minimum absolute atomic E-state index is 0.109. The van der Waals surface area contributed by atoms with Crippen molar-refractivity contribution in [2.45, 2.75) is 69.7 Å². The molecule has 2 aliphatic rings. The van der Waals surface area contributed by atoms with Crippen molar-refractivity contribution in [3.8, 4) is 6.07 Å². The van der Waals surface area contributed by atoms with Crippen molar-refractivity contribution >= 4 is 5.91 Å². The summed E-state index contributed by atoms with van der Waals surface area (Å²) in [5.41, 5.74) is -0.717. The van der Waals surface area contributed by atoms with E-state index in [1.54, 1.807) is 18.9 Å². The summed E-state index contributed by atoms with van der Waals surface area (Å²) in [5, 5.41) is 29.3. The monoisotopic (exact) mass is 323 g/mol. The highest BCUT2D eigenvalue weighted by atomic mass is 16.3. The molecule has 2 N–H and O–H groups in total. The lowest BCUT2D eigenvalue weighted by atomic mass is 9.77. The Morgan fingerprint density at radius 3 is 2.30 bits per heavy atom. The average molecular weight is 323 g/mol. The molecule has 2 fully saturated rings. The summed E-state index contributed by atoms with van der Waals surface area (Å²) in [4.78, 5) is 16.3. The Labute approximate surface area is 138 Å². The molecule has 6 heteroatoms. The molecule has 1 saturated heterocycles. The number of amides is 1. The van der Waals surface area contributed by atoms with Gasteiger partial charge in [0.15, 0.2) is 0 Å². The van der Waals surface area contributed by atoms with Crippen LogP contribution in [0.15, 0.2) is 0 Å². The van der Waals surface area contributed by atoms with Crippen LogP contribution in [-0.4, -0.2) is 69.8 Å². The lowest BCUT2D eigenvalue weighted by molar-refractivity contribution is -0.142. The molecule has 1 amide bonds. The van der Waals surface area contributed by atoms with E-state index in [0.717, 1.165) is 12.8 Å². The summed E-state index contributed by atoms with van der Waals surface area (Å²) in [7, 11) is 1.72. The van der Waals surface area contributed by atoms with Crippen LogP contribution < -0.4 is 0 Å². The third-order valence-corrected chi connectivity index (χ3v) is 5.62. The first-order valence-corrected chi connectivity index (χ1v) is 8.58. The summed E-state index contributed by atoms with van der Waals surface area (Å²) in [6.07, 6.45) is 2.48. The number of carbonyl (C=O) groups is 1. The largest absolute Gasteiger partial charge is 0.392 e. The van der Waals surface area contributed by atoms with Gasteiger partial charge in [-0.1, -0.05) is 6.92 Å². The summed E-state index contributed by atoms with van der Waals surface area (Å²) < 4.78 is 0. The molecule has 6 nitrogen and oxygen atoms in total. The Kier molecular flexibility index (Phi) is 5.66. The third-order valence-electron chi connectivity index (χ3n) is 5.62. The third kappa shape index (κ3) is 3.85. The van der Waals surface area contributed by atoms with Gasteiger partial charge in [0, 0.05) is 26.6 Å². The smallest absolute Gasteiger partial charge is 0.240 e. The molecule has 2 rings (SSSR count). The first kappa shape index (κ1) is 18.2. The summed E-state index contributed by atoms with van der Waals surface area (Å²) in [6.45, 7) is 4.74. The van der Waals surface area contributed by atoms with Gasteiger partial charge in [-0.2, -0.15) is 5.26 Å². The van der Waals surface area contributed by atoms with Gasteiger partial charge in [0.1, 0.15) is 5.54 Å². The second-order valence-electron chi connectivity index (χ2n) is 7.40. The predicted octanol–water partition coefficient (Wildman–Crippen LogP) is 0.733. The molecule has 0 spiro atoms. The maximum atomic E-state index is 12.9. The van der Waals surface area contributed by atoms with E-state index in [9.17, 15) is 20.3 Å². The number of hydrogen-bond acceptors (Lipinski definition) is 5. The van der Waals surface area contributed by atoms with Crippen LogP contribution in [-0.2, 0) is 4.79 Å². The maximum absolute atomic E-state index is 12.9. The molecule has 1 aliphatic heterocycles. The lowest BCUT2D eigenvalue weighted by Gasteiger charge is -2.44. The van der Waals surface area contributed by atoms with Crippen molar-refractivity contribution in [3.05, 3.63) is 0 Å². The fraction of sp³-hybridized carbons (Fsp3) is 0.882. The van der Waals surface area contributed by atoms with E-state index in [4.69, 9.17) is 0 Å². The van der Waals surface area contributed by atoms with Crippen LogP contribution in [0.4, 0.5) is 0 Å². The second-order valence-corrected chi connectivity index (χ2v) is 7.40. The first-order chi connectivity index (χ1) is 10.8. The number of likely N-dealkylation sites (tertiary alicyclic amines) is 1. The first-order valence-electron chi connectivity index (χ1n) is 8.58. The number of hydrogen-bond donors (Lipinski definition) is 2. The SMILES string of the molecule is CC1CCC(C#N)(N(C)C(=O)C(C)N2C[C@H](O)C[C@H](O)C2)CC1. The van der Waals surface area contributed by atoms with E-state index in [2.05, 4.69) is 13.0 Å². The van der Waals surface area contributed by atoms with Crippen LogP contribution in [0.25, 0.3) is 0 Å². The summed E-state index contributed by atoms with van der Waals surface area (Å²) >= 11 is 0. The van der Waals surface area contributed by atoms with Gasteiger partial charge >= 0.3 is 0 Å². The number of β-amino-alcohol motifs (C(OH)–C–C–N with tert-alkyl or cyclic N) is 2. The number of aliphatic hydroxyl groups is 2. The van der Waals surface area contributed by atoms with Gasteiger partial charge in [-0.25, -0.2) is 0 Å². The van der Waals surface area contributed by atoms with E-state index in [1.807, 2.05) is 4.90 Å². The van der Waals surface area contributed by atoms with Crippen molar-refractivity contribution in [1.82, 2.24) is 9.80 Å². The Balaban J connectivity index is 2.07. The average Bonchev–Trinajstić information content (AvgIpc) is 2.53. The van der Waals surface area contributed by atoms with E-state index < -0.39 is 23.8 Å². The molecule has 0 radical (unpaired) electrons. The highest BCUT2D eigenvalue weighted by molar-refractivity contribution is 5.82. The van der Waals surface area contributed by atoms with E-state index in [-0.39, 0.29) is 5.91 Å². The van der Waals surface area contributed by atoms with Crippen molar-refractivity contribution in [1.29, 1.82) is 5.26 Å². The highest BCUT2D eigenvalue weighted by Gasteiger charge is 2.43. The number of piperidine rings is 1. The summed E-state index contributed by atoms with van der Waals surface area (Å²) in [6, 6.07) is 1.93. The van der Waals surface area contributed by atoms with Crippen LogP contribution in [0.2, 0.25) is 0 Å². The Bertz CT molecular complexity index is 458. The fourth-order valence-corrected chi connectivity index (χ4v) is 3.80. The predicted molar refractivity (Wildman–Crippen MR) is 86.4 cm³/mol. The molecule has 3 atom stereocenters. The quantitative estimate of drug-likeness (QED) is 0.799.